The molecule has 0 radical (unpaired) electrons. The maximum absolute atomic E-state index is 12.6. The highest BCUT2D eigenvalue weighted by atomic mass is 32.1. The van der Waals surface area contributed by atoms with E-state index in [1.54, 1.807) is 12.4 Å². The molecule has 146 valence electrons. The zero-order valence-corrected chi connectivity index (χ0v) is 16.2. The smallest absolute Gasteiger partial charge is 0.267 e. The third-order valence-corrected chi connectivity index (χ3v) is 5.30. The second-order valence-electron chi connectivity index (χ2n) is 6.39. The van der Waals surface area contributed by atoms with Gasteiger partial charge in [-0.2, -0.15) is 5.10 Å². The molecule has 0 bridgehead atoms. The van der Waals surface area contributed by atoms with E-state index in [-0.39, 0.29) is 24.6 Å². The first kappa shape index (κ1) is 18.8. The number of rotatable bonds is 6. The summed E-state index contributed by atoms with van der Waals surface area (Å²) in [6.45, 7) is 0.278. The van der Waals surface area contributed by atoms with Gasteiger partial charge in [0.15, 0.2) is 0 Å². The van der Waals surface area contributed by atoms with Crippen LogP contribution in [-0.4, -0.2) is 33.5 Å². The first-order valence-corrected chi connectivity index (χ1v) is 9.84. The average Bonchev–Trinajstić information content (AvgIpc) is 3.41. The summed E-state index contributed by atoms with van der Waals surface area (Å²) in [4.78, 5) is 33.0. The van der Waals surface area contributed by atoms with E-state index < -0.39 is 11.9 Å². The van der Waals surface area contributed by atoms with Crippen LogP contribution in [0.25, 0.3) is 11.3 Å². The minimum absolute atomic E-state index is 0.163. The number of carbonyl (C=O) groups is 2. The van der Waals surface area contributed by atoms with Gasteiger partial charge in [-0.15, -0.1) is 11.3 Å². The van der Waals surface area contributed by atoms with E-state index in [1.165, 1.54) is 16.3 Å². The predicted octanol–water partition coefficient (Wildman–Crippen LogP) is 1.94. The van der Waals surface area contributed by atoms with E-state index in [9.17, 15) is 9.59 Å². The largest absolute Gasteiger partial charge is 0.368 e. The average molecular weight is 406 g/mol. The molecule has 4 rings (SSSR count). The summed E-state index contributed by atoms with van der Waals surface area (Å²) in [7, 11) is 0. The topological polar surface area (TPSA) is 114 Å². The second kappa shape index (κ2) is 8.19. The number of hydrogen-bond acceptors (Lipinski definition) is 7. The molecule has 3 N–H and O–H groups in total. The fourth-order valence-electron chi connectivity index (χ4n) is 2.99. The van der Waals surface area contributed by atoms with Crippen LogP contribution in [0, 0.1) is 0 Å². The van der Waals surface area contributed by atoms with Crippen LogP contribution >= 0.6 is 11.3 Å². The summed E-state index contributed by atoms with van der Waals surface area (Å²) in [5.41, 5.74) is 8.30. The number of anilines is 1. The molecule has 1 atom stereocenters. The van der Waals surface area contributed by atoms with E-state index in [0.29, 0.717) is 5.69 Å². The fourth-order valence-corrected chi connectivity index (χ4v) is 3.74. The van der Waals surface area contributed by atoms with Crippen LogP contribution in [0.3, 0.4) is 0 Å². The lowest BCUT2D eigenvalue weighted by atomic mass is 10.1. The van der Waals surface area contributed by atoms with Gasteiger partial charge in [-0.25, -0.2) is 4.98 Å². The lowest BCUT2D eigenvalue weighted by Gasteiger charge is -2.20. The molecule has 1 aliphatic heterocycles. The Labute approximate surface area is 171 Å². The monoisotopic (exact) mass is 406 g/mol. The van der Waals surface area contributed by atoms with Crippen molar-refractivity contribution in [3.05, 3.63) is 65.2 Å². The molecule has 1 unspecified atom stereocenters. The zero-order valence-electron chi connectivity index (χ0n) is 15.4. The van der Waals surface area contributed by atoms with Crippen molar-refractivity contribution < 1.29 is 9.59 Å². The minimum Gasteiger partial charge on any atom is -0.368 e. The van der Waals surface area contributed by atoms with Crippen molar-refractivity contribution in [3.8, 4) is 11.3 Å². The Morgan fingerprint density at radius 2 is 1.93 bits per heavy atom. The molecule has 0 spiro atoms. The van der Waals surface area contributed by atoms with Gasteiger partial charge in [-0.3, -0.25) is 19.6 Å². The van der Waals surface area contributed by atoms with Crippen molar-refractivity contribution in [1.82, 2.24) is 15.3 Å². The molecule has 0 saturated heterocycles. The van der Waals surface area contributed by atoms with E-state index in [2.05, 4.69) is 20.4 Å². The summed E-state index contributed by atoms with van der Waals surface area (Å²) in [5, 5.41) is 11.4. The Balaban J connectivity index is 1.43. The first-order valence-electron chi connectivity index (χ1n) is 8.96. The van der Waals surface area contributed by atoms with Gasteiger partial charge in [0.2, 0.25) is 5.91 Å². The van der Waals surface area contributed by atoms with Crippen LogP contribution in [0.1, 0.15) is 11.4 Å². The van der Waals surface area contributed by atoms with Crippen molar-refractivity contribution in [2.24, 2.45) is 10.8 Å². The van der Waals surface area contributed by atoms with E-state index in [4.69, 9.17) is 5.73 Å². The number of nitrogens with two attached hydrogens (primary N) is 1. The summed E-state index contributed by atoms with van der Waals surface area (Å²) in [6, 6.07) is 12.3. The Morgan fingerprint density at radius 3 is 2.66 bits per heavy atom. The van der Waals surface area contributed by atoms with Gasteiger partial charge in [0, 0.05) is 29.8 Å². The van der Waals surface area contributed by atoms with E-state index in [0.717, 1.165) is 16.3 Å². The molecular formula is C20H18N6O2S. The van der Waals surface area contributed by atoms with Crippen molar-refractivity contribution >= 4 is 34.6 Å². The third-order valence-electron chi connectivity index (χ3n) is 4.45. The van der Waals surface area contributed by atoms with Gasteiger partial charge in [0.05, 0.1) is 17.9 Å². The minimum atomic E-state index is -0.684. The standard InChI is InChI=1S/C20H18N6O2S/c21-19(27)17-10-15(25-26(17)14-4-2-1-3-5-14)20(28)23-11-18-24-16(12-29-18)13-6-8-22-9-7-13/h1-9,12,17H,10-11H2,(H2,21,27)(H,23,28). The molecule has 2 amide bonds. The number of hydrogen-bond donors (Lipinski definition) is 2. The Hall–Kier alpha value is -3.59. The van der Waals surface area contributed by atoms with Crippen LogP contribution in [0.4, 0.5) is 5.69 Å². The highest BCUT2D eigenvalue weighted by molar-refractivity contribution is 7.09. The maximum Gasteiger partial charge on any atom is 0.267 e. The summed E-state index contributed by atoms with van der Waals surface area (Å²) >= 11 is 1.46. The molecule has 8 nitrogen and oxygen atoms in total. The number of nitrogens with zero attached hydrogens (tertiary/aromatic N) is 4. The highest BCUT2D eigenvalue weighted by Crippen LogP contribution is 2.24. The van der Waals surface area contributed by atoms with Gasteiger partial charge in [0.25, 0.3) is 5.91 Å². The summed E-state index contributed by atoms with van der Waals surface area (Å²) in [5.74, 6) is -0.863. The van der Waals surface area contributed by atoms with Gasteiger partial charge >= 0.3 is 0 Å². The molecule has 1 aliphatic rings. The highest BCUT2D eigenvalue weighted by Gasteiger charge is 2.34. The van der Waals surface area contributed by atoms with Crippen LogP contribution < -0.4 is 16.1 Å². The Kier molecular flexibility index (Phi) is 5.30. The number of pyridine rings is 1. The van der Waals surface area contributed by atoms with Crippen molar-refractivity contribution in [3.63, 3.8) is 0 Å². The summed E-state index contributed by atoms with van der Waals surface area (Å²) < 4.78 is 0. The number of benzene rings is 1. The molecule has 3 aromatic rings. The van der Waals surface area contributed by atoms with Crippen molar-refractivity contribution in [2.45, 2.75) is 19.0 Å². The lowest BCUT2D eigenvalue weighted by molar-refractivity contribution is -0.119. The molecule has 2 aromatic heterocycles. The number of amides is 2. The molecular weight excluding hydrogens is 388 g/mol. The Bertz CT molecular complexity index is 1050. The molecule has 29 heavy (non-hydrogen) atoms. The number of aromatic nitrogens is 2. The molecule has 3 heterocycles. The van der Waals surface area contributed by atoms with Gasteiger partial charge in [-0.1, -0.05) is 18.2 Å². The SMILES string of the molecule is NC(=O)C1CC(C(=O)NCc2nc(-c3ccncc3)cs2)=NN1c1ccccc1. The number of thiazole rings is 1. The molecule has 0 aliphatic carbocycles. The quantitative estimate of drug-likeness (QED) is 0.649. The number of carbonyl (C=O) groups excluding carboxylic acids is 2. The molecule has 0 fully saturated rings. The van der Waals surface area contributed by atoms with Gasteiger partial charge < -0.3 is 11.1 Å². The van der Waals surface area contributed by atoms with Crippen LogP contribution in [0.15, 0.2) is 65.3 Å². The third kappa shape index (κ3) is 4.14. The van der Waals surface area contributed by atoms with Crippen molar-refractivity contribution in [1.29, 1.82) is 0 Å². The Morgan fingerprint density at radius 1 is 1.17 bits per heavy atom. The predicted molar refractivity (Wildman–Crippen MR) is 111 cm³/mol. The number of para-hydroxylation sites is 1. The second-order valence-corrected chi connectivity index (χ2v) is 7.34. The normalized spacial score (nSPS) is 15.8. The number of primary amides is 1. The molecule has 0 saturated carbocycles. The lowest BCUT2D eigenvalue weighted by Crippen LogP contribution is -2.39. The molecule has 1 aromatic carbocycles. The molecule has 9 heteroatoms. The zero-order chi connectivity index (χ0) is 20.2. The van der Waals surface area contributed by atoms with Gasteiger partial charge in [0.1, 0.15) is 16.8 Å². The first-order chi connectivity index (χ1) is 14.1. The maximum atomic E-state index is 12.6. The van der Waals surface area contributed by atoms with E-state index in [1.807, 2.05) is 47.8 Å². The fraction of sp³-hybridized carbons (Fsp3) is 0.150. The van der Waals surface area contributed by atoms with Crippen LogP contribution in [-0.2, 0) is 16.1 Å². The van der Waals surface area contributed by atoms with Crippen molar-refractivity contribution in [2.75, 3.05) is 5.01 Å². The van der Waals surface area contributed by atoms with E-state index >= 15 is 0 Å². The van der Waals surface area contributed by atoms with Crippen LogP contribution in [0.5, 0.6) is 0 Å². The van der Waals surface area contributed by atoms with Gasteiger partial charge in [-0.05, 0) is 24.3 Å². The summed E-state index contributed by atoms with van der Waals surface area (Å²) in [6.07, 6.45) is 3.58. The number of hydrazone groups is 1. The number of nitrogens with one attached hydrogen (secondary N) is 1. The van der Waals surface area contributed by atoms with Crippen LogP contribution in [0.2, 0.25) is 0 Å².